The number of methoxy groups -OCH3 is 1. The molecule has 0 fully saturated rings. The summed E-state index contributed by atoms with van der Waals surface area (Å²) in [6.07, 6.45) is 1.58. The van der Waals surface area contributed by atoms with Crippen LogP contribution in [-0.4, -0.2) is 18.0 Å². The number of benzene rings is 2. The molecule has 0 radical (unpaired) electrons. The highest BCUT2D eigenvalue weighted by Gasteiger charge is 2.14. The monoisotopic (exact) mass is 337 g/mol. The summed E-state index contributed by atoms with van der Waals surface area (Å²) in [4.78, 5) is 16.7. The molecule has 0 saturated carbocycles. The maximum Gasteiger partial charge on any atom is 0.259 e. The van der Waals surface area contributed by atoms with Crippen LogP contribution < -0.4 is 15.4 Å². The lowest BCUT2D eigenvalue weighted by molar-refractivity contribution is 0.102. The Kier molecular flexibility index (Phi) is 4.89. The zero-order chi connectivity index (χ0) is 17.6. The van der Waals surface area contributed by atoms with Gasteiger partial charge in [0.2, 0.25) is 0 Å². The van der Waals surface area contributed by atoms with Gasteiger partial charge in [0, 0.05) is 11.9 Å². The highest BCUT2D eigenvalue weighted by molar-refractivity contribution is 6.07. The first kappa shape index (κ1) is 16.4. The summed E-state index contributed by atoms with van der Waals surface area (Å²) in [7, 11) is 1.59. The number of aromatic nitrogens is 1. The minimum atomic E-state index is -0.496. The molecule has 6 heteroatoms. The van der Waals surface area contributed by atoms with Crippen molar-refractivity contribution in [3.63, 3.8) is 0 Å². The summed E-state index contributed by atoms with van der Waals surface area (Å²) in [5.41, 5.74) is 1.17. The molecule has 2 N–H and O–H groups in total. The second-order valence-electron chi connectivity index (χ2n) is 5.19. The summed E-state index contributed by atoms with van der Waals surface area (Å²) in [6, 6.07) is 16.5. The van der Waals surface area contributed by atoms with E-state index in [1.165, 1.54) is 12.1 Å². The molecule has 0 spiro atoms. The molecule has 0 aliphatic rings. The van der Waals surface area contributed by atoms with E-state index in [9.17, 15) is 9.18 Å². The first-order valence-electron chi connectivity index (χ1n) is 7.59. The molecule has 0 atom stereocenters. The Balaban J connectivity index is 1.82. The molecule has 0 aliphatic carbocycles. The first-order valence-corrected chi connectivity index (χ1v) is 7.59. The van der Waals surface area contributed by atoms with E-state index in [-0.39, 0.29) is 5.69 Å². The number of anilines is 3. The Morgan fingerprint density at radius 1 is 1.04 bits per heavy atom. The summed E-state index contributed by atoms with van der Waals surface area (Å²) in [6.45, 7) is 0. The van der Waals surface area contributed by atoms with Crippen molar-refractivity contribution in [3.8, 4) is 5.75 Å². The summed E-state index contributed by atoms with van der Waals surface area (Å²) in [5, 5.41) is 5.64. The number of hydrogen-bond donors (Lipinski definition) is 2. The summed E-state index contributed by atoms with van der Waals surface area (Å²) >= 11 is 0. The number of ether oxygens (including phenoxy) is 1. The fraction of sp³-hybridized carbons (Fsp3) is 0.0526. The number of para-hydroxylation sites is 1. The van der Waals surface area contributed by atoms with Crippen LogP contribution in [0.15, 0.2) is 66.9 Å². The quantitative estimate of drug-likeness (QED) is 0.731. The molecule has 1 amide bonds. The maximum atomic E-state index is 13.7. The Hall–Kier alpha value is -3.41. The van der Waals surface area contributed by atoms with Gasteiger partial charge in [-0.25, -0.2) is 9.37 Å². The molecule has 5 nitrogen and oxygen atoms in total. The van der Waals surface area contributed by atoms with Crippen molar-refractivity contribution in [2.75, 3.05) is 17.7 Å². The lowest BCUT2D eigenvalue weighted by Gasteiger charge is -2.12. The van der Waals surface area contributed by atoms with Gasteiger partial charge in [-0.2, -0.15) is 0 Å². The summed E-state index contributed by atoms with van der Waals surface area (Å²) in [5.74, 6) is 0.157. The first-order chi connectivity index (χ1) is 12.2. The van der Waals surface area contributed by atoms with E-state index in [1.807, 2.05) is 12.1 Å². The third-order valence-electron chi connectivity index (χ3n) is 3.53. The molecule has 3 rings (SSSR count). The molecule has 1 aromatic heterocycles. The molecule has 2 aromatic carbocycles. The van der Waals surface area contributed by atoms with E-state index < -0.39 is 11.7 Å². The number of amides is 1. The largest absolute Gasteiger partial charge is 0.497 e. The number of carbonyl (C=O) groups is 1. The van der Waals surface area contributed by atoms with E-state index in [0.717, 1.165) is 11.4 Å². The van der Waals surface area contributed by atoms with E-state index >= 15 is 0 Å². The maximum absolute atomic E-state index is 13.7. The van der Waals surface area contributed by atoms with Crippen LogP contribution in [-0.2, 0) is 0 Å². The van der Waals surface area contributed by atoms with Crippen molar-refractivity contribution in [1.29, 1.82) is 0 Å². The van der Waals surface area contributed by atoms with Crippen molar-refractivity contribution in [3.05, 3.63) is 78.2 Å². The number of nitrogens with zero attached hydrogens (tertiary/aromatic N) is 1. The highest BCUT2D eigenvalue weighted by atomic mass is 19.1. The van der Waals surface area contributed by atoms with Crippen LogP contribution in [0.25, 0.3) is 0 Å². The summed E-state index contributed by atoms with van der Waals surface area (Å²) < 4.78 is 18.8. The van der Waals surface area contributed by atoms with Gasteiger partial charge in [0.25, 0.3) is 5.91 Å². The van der Waals surface area contributed by atoms with Crippen LogP contribution in [0.4, 0.5) is 21.6 Å². The third-order valence-corrected chi connectivity index (χ3v) is 3.53. The predicted octanol–water partition coefficient (Wildman–Crippen LogP) is 4.23. The van der Waals surface area contributed by atoms with Crippen molar-refractivity contribution in [2.45, 2.75) is 0 Å². The van der Waals surface area contributed by atoms with E-state index in [1.54, 1.807) is 49.7 Å². The zero-order valence-electron chi connectivity index (χ0n) is 13.5. The Morgan fingerprint density at radius 3 is 2.52 bits per heavy atom. The van der Waals surface area contributed by atoms with Crippen LogP contribution in [0.2, 0.25) is 0 Å². The topological polar surface area (TPSA) is 63.2 Å². The van der Waals surface area contributed by atoms with E-state index in [4.69, 9.17) is 4.74 Å². The Morgan fingerprint density at radius 2 is 1.80 bits per heavy atom. The highest BCUT2D eigenvalue weighted by Crippen LogP contribution is 2.22. The van der Waals surface area contributed by atoms with Gasteiger partial charge >= 0.3 is 0 Å². The molecule has 25 heavy (non-hydrogen) atoms. The predicted molar refractivity (Wildman–Crippen MR) is 94.9 cm³/mol. The minimum absolute atomic E-state index is 0.117. The Bertz CT molecular complexity index is 882. The van der Waals surface area contributed by atoms with Gasteiger partial charge in [-0.1, -0.05) is 12.1 Å². The van der Waals surface area contributed by atoms with E-state index in [0.29, 0.717) is 11.4 Å². The van der Waals surface area contributed by atoms with Crippen LogP contribution in [0.3, 0.4) is 0 Å². The van der Waals surface area contributed by atoms with Gasteiger partial charge in [0.05, 0.1) is 18.4 Å². The fourth-order valence-corrected chi connectivity index (χ4v) is 2.25. The SMILES string of the molecule is COc1ccc(Nc2ncccc2C(=O)Nc2ccccc2F)cc1. The van der Waals surface area contributed by atoms with Gasteiger partial charge in [0.15, 0.2) is 0 Å². The number of hydrogen-bond acceptors (Lipinski definition) is 4. The lowest BCUT2D eigenvalue weighted by Crippen LogP contribution is -2.15. The molecular weight excluding hydrogens is 321 g/mol. The lowest BCUT2D eigenvalue weighted by atomic mass is 10.2. The minimum Gasteiger partial charge on any atom is -0.497 e. The van der Waals surface area contributed by atoms with Crippen molar-refractivity contribution in [2.24, 2.45) is 0 Å². The Labute approximate surface area is 144 Å². The number of carbonyl (C=O) groups excluding carboxylic acids is 1. The smallest absolute Gasteiger partial charge is 0.259 e. The molecule has 0 bridgehead atoms. The average Bonchev–Trinajstić information content (AvgIpc) is 2.64. The number of pyridine rings is 1. The average molecular weight is 337 g/mol. The van der Waals surface area contributed by atoms with Crippen molar-refractivity contribution in [1.82, 2.24) is 4.98 Å². The van der Waals surface area contributed by atoms with Gasteiger partial charge in [-0.3, -0.25) is 4.79 Å². The molecule has 0 aliphatic heterocycles. The zero-order valence-corrected chi connectivity index (χ0v) is 13.5. The second kappa shape index (κ2) is 7.44. The molecule has 0 unspecified atom stereocenters. The third kappa shape index (κ3) is 3.92. The molecule has 126 valence electrons. The standard InChI is InChI=1S/C19H16FN3O2/c1-25-14-10-8-13(9-11-14)22-18-15(5-4-12-21-18)19(24)23-17-7-3-2-6-16(17)20/h2-12H,1H3,(H,21,22)(H,23,24). The second-order valence-corrected chi connectivity index (χ2v) is 5.19. The van der Waals surface area contributed by atoms with Gasteiger partial charge in [-0.15, -0.1) is 0 Å². The van der Waals surface area contributed by atoms with Crippen molar-refractivity contribution < 1.29 is 13.9 Å². The normalized spacial score (nSPS) is 10.2. The van der Waals surface area contributed by atoms with Crippen LogP contribution in [0.1, 0.15) is 10.4 Å². The van der Waals surface area contributed by atoms with Crippen LogP contribution >= 0.6 is 0 Å². The van der Waals surface area contributed by atoms with Gasteiger partial charge in [0.1, 0.15) is 17.4 Å². The van der Waals surface area contributed by atoms with Gasteiger partial charge in [-0.05, 0) is 48.5 Å². The van der Waals surface area contributed by atoms with Gasteiger partial charge < -0.3 is 15.4 Å². The van der Waals surface area contributed by atoms with Crippen LogP contribution in [0, 0.1) is 5.82 Å². The van der Waals surface area contributed by atoms with Crippen LogP contribution in [0.5, 0.6) is 5.75 Å². The number of nitrogens with one attached hydrogen (secondary N) is 2. The molecule has 3 aromatic rings. The van der Waals surface area contributed by atoms with E-state index in [2.05, 4.69) is 15.6 Å². The number of rotatable bonds is 5. The molecule has 1 heterocycles. The fourth-order valence-electron chi connectivity index (χ4n) is 2.25. The molecule has 0 saturated heterocycles. The van der Waals surface area contributed by atoms with Crippen molar-refractivity contribution >= 4 is 23.1 Å². The number of halogens is 1. The molecular formula is C19H16FN3O2.